The number of aromatic nitrogens is 2. The molecule has 2 saturated heterocycles. The highest BCUT2D eigenvalue weighted by molar-refractivity contribution is 7.90. The summed E-state index contributed by atoms with van der Waals surface area (Å²) in [5, 5.41) is -0.139. The zero-order valence-electron chi connectivity index (χ0n) is 21.5. The molecule has 1 aliphatic carbocycles. The van der Waals surface area contributed by atoms with Crippen molar-refractivity contribution < 1.29 is 13.2 Å². The number of pyridine rings is 2. The van der Waals surface area contributed by atoms with Crippen LogP contribution in [0, 0.1) is 17.8 Å². The Labute approximate surface area is 214 Å². The lowest BCUT2D eigenvalue weighted by Crippen LogP contribution is -2.42. The monoisotopic (exact) mass is 511 g/mol. The van der Waals surface area contributed by atoms with Crippen molar-refractivity contribution in [3.8, 4) is 0 Å². The van der Waals surface area contributed by atoms with Crippen molar-refractivity contribution in [1.82, 2.24) is 14.7 Å². The lowest BCUT2D eigenvalue weighted by Gasteiger charge is -2.41. The summed E-state index contributed by atoms with van der Waals surface area (Å²) in [4.78, 5) is 26.5. The molecule has 3 aliphatic rings. The van der Waals surface area contributed by atoms with Crippen molar-refractivity contribution in [2.75, 3.05) is 29.4 Å². The van der Waals surface area contributed by atoms with E-state index in [2.05, 4.69) is 45.3 Å². The number of anilines is 2. The first-order chi connectivity index (χ1) is 17.1. The van der Waals surface area contributed by atoms with E-state index in [9.17, 15) is 13.2 Å². The number of sulfonamides is 1. The molecule has 1 amide bonds. The molecule has 0 spiro atoms. The lowest BCUT2D eigenvalue weighted by atomic mass is 9.75. The Bertz CT molecular complexity index is 1230. The van der Waals surface area contributed by atoms with Crippen molar-refractivity contribution in [3.63, 3.8) is 0 Å². The quantitative estimate of drug-likeness (QED) is 0.642. The fourth-order valence-electron chi connectivity index (χ4n) is 6.52. The van der Waals surface area contributed by atoms with Crippen LogP contribution in [0.2, 0.25) is 0 Å². The lowest BCUT2D eigenvalue weighted by molar-refractivity contribution is 0.0981. The van der Waals surface area contributed by atoms with Crippen LogP contribution >= 0.6 is 0 Å². The van der Waals surface area contributed by atoms with E-state index in [1.807, 2.05) is 6.07 Å². The molecule has 3 unspecified atom stereocenters. The molecule has 2 aromatic rings. The van der Waals surface area contributed by atoms with Gasteiger partial charge in [-0.2, -0.15) is 8.42 Å². The topological polar surface area (TPSA) is 95.5 Å². The van der Waals surface area contributed by atoms with Crippen molar-refractivity contribution in [2.45, 2.75) is 69.9 Å². The Balaban J connectivity index is 1.35. The second-order valence-corrected chi connectivity index (χ2v) is 13.0. The first kappa shape index (κ1) is 25.0. The fourth-order valence-corrected chi connectivity index (χ4v) is 7.45. The van der Waals surface area contributed by atoms with Gasteiger partial charge in [0, 0.05) is 31.4 Å². The third-order valence-corrected chi connectivity index (χ3v) is 9.42. The highest BCUT2D eigenvalue weighted by atomic mass is 32.2. The largest absolute Gasteiger partial charge is 0.356 e. The zero-order valence-corrected chi connectivity index (χ0v) is 22.3. The minimum absolute atomic E-state index is 0.139. The molecule has 0 aromatic carbocycles. The SMILES string of the molecule is CC1CN(c2ncccc2C(=O)NS(=O)(=O)c2cccc(N3CCC4CCCCC4C3)n2)C(C)(C)C1. The van der Waals surface area contributed by atoms with E-state index >= 15 is 0 Å². The van der Waals surface area contributed by atoms with Gasteiger partial charge in [-0.15, -0.1) is 0 Å². The Morgan fingerprint density at radius 2 is 1.83 bits per heavy atom. The average molecular weight is 512 g/mol. The Morgan fingerprint density at radius 3 is 2.58 bits per heavy atom. The number of hydrogen-bond donors (Lipinski definition) is 1. The van der Waals surface area contributed by atoms with Crippen LogP contribution in [0.3, 0.4) is 0 Å². The molecule has 1 N–H and O–H groups in total. The van der Waals surface area contributed by atoms with E-state index in [-0.39, 0.29) is 16.1 Å². The van der Waals surface area contributed by atoms with Crippen LogP contribution in [0.15, 0.2) is 41.6 Å². The molecular weight excluding hydrogens is 474 g/mol. The normalized spacial score (nSPS) is 25.9. The van der Waals surface area contributed by atoms with Crippen LogP contribution in [0.1, 0.15) is 69.7 Å². The molecule has 5 rings (SSSR count). The number of rotatable bonds is 5. The van der Waals surface area contributed by atoms with E-state index in [1.54, 1.807) is 24.4 Å². The van der Waals surface area contributed by atoms with Crippen LogP contribution in [0.25, 0.3) is 0 Å². The van der Waals surface area contributed by atoms with Gasteiger partial charge >= 0.3 is 0 Å². The summed E-state index contributed by atoms with van der Waals surface area (Å²) in [5.41, 5.74) is 0.0716. The number of hydrogen-bond acceptors (Lipinski definition) is 7. The van der Waals surface area contributed by atoms with E-state index < -0.39 is 15.9 Å². The second kappa shape index (κ2) is 9.65. The molecule has 2 aromatic heterocycles. The summed E-state index contributed by atoms with van der Waals surface area (Å²) < 4.78 is 28.7. The van der Waals surface area contributed by atoms with E-state index in [1.165, 1.54) is 31.7 Å². The van der Waals surface area contributed by atoms with Crippen LogP contribution < -0.4 is 14.5 Å². The van der Waals surface area contributed by atoms with Gasteiger partial charge in [-0.25, -0.2) is 14.7 Å². The zero-order chi connectivity index (χ0) is 25.5. The molecule has 2 aliphatic heterocycles. The summed E-state index contributed by atoms with van der Waals surface area (Å²) in [7, 11) is -4.16. The van der Waals surface area contributed by atoms with Crippen LogP contribution in [-0.2, 0) is 10.0 Å². The Morgan fingerprint density at radius 1 is 1.06 bits per heavy atom. The molecule has 3 fully saturated rings. The van der Waals surface area contributed by atoms with Gasteiger partial charge in [0.2, 0.25) is 0 Å². The number of nitrogens with zero attached hydrogens (tertiary/aromatic N) is 4. The number of nitrogens with one attached hydrogen (secondary N) is 1. The summed E-state index contributed by atoms with van der Waals surface area (Å²) in [6, 6.07) is 8.30. The van der Waals surface area contributed by atoms with Gasteiger partial charge in [-0.3, -0.25) is 4.79 Å². The third kappa shape index (κ3) is 4.94. The molecule has 0 radical (unpaired) electrons. The molecule has 4 heterocycles. The summed E-state index contributed by atoms with van der Waals surface area (Å²) in [6.07, 6.45) is 8.85. The van der Waals surface area contributed by atoms with E-state index in [0.29, 0.717) is 23.5 Å². The molecule has 3 atom stereocenters. The molecule has 8 nitrogen and oxygen atoms in total. The van der Waals surface area contributed by atoms with Crippen molar-refractivity contribution in [2.24, 2.45) is 17.8 Å². The summed E-state index contributed by atoms with van der Waals surface area (Å²) in [5.74, 6) is 2.35. The van der Waals surface area contributed by atoms with Crippen molar-refractivity contribution >= 4 is 27.6 Å². The minimum Gasteiger partial charge on any atom is -0.356 e. The maximum Gasteiger partial charge on any atom is 0.281 e. The summed E-state index contributed by atoms with van der Waals surface area (Å²) in [6.45, 7) is 8.97. The van der Waals surface area contributed by atoms with Gasteiger partial charge in [-0.05, 0) is 75.1 Å². The van der Waals surface area contributed by atoms with Gasteiger partial charge in [0.25, 0.3) is 15.9 Å². The van der Waals surface area contributed by atoms with Crippen LogP contribution in [0.5, 0.6) is 0 Å². The van der Waals surface area contributed by atoms with Crippen LogP contribution in [-0.4, -0.2) is 49.5 Å². The predicted molar refractivity (Wildman–Crippen MR) is 141 cm³/mol. The summed E-state index contributed by atoms with van der Waals surface area (Å²) >= 11 is 0. The fraction of sp³-hybridized carbons (Fsp3) is 0.593. The van der Waals surface area contributed by atoms with Gasteiger partial charge < -0.3 is 9.80 Å². The maximum absolute atomic E-state index is 13.3. The Hall–Kier alpha value is -2.68. The van der Waals surface area contributed by atoms with E-state index in [0.717, 1.165) is 38.4 Å². The number of carbonyl (C=O) groups excluding carboxylic acids is 1. The van der Waals surface area contributed by atoms with E-state index in [4.69, 9.17) is 0 Å². The molecule has 194 valence electrons. The first-order valence-electron chi connectivity index (χ1n) is 13.2. The van der Waals surface area contributed by atoms with Crippen molar-refractivity contribution in [1.29, 1.82) is 0 Å². The molecule has 0 bridgehead atoms. The van der Waals surface area contributed by atoms with Gasteiger partial charge in [0.15, 0.2) is 5.03 Å². The van der Waals surface area contributed by atoms with Gasteiger partial charge in [0.1, 0.15) is 11.6 Å². The highest BCUT2D eigenvalue weighted by Crippen LogP contribution is 2.38. The number of piperidine rings is 1. The number of fused-ring (bicyclic) bond motifs is 1. The Kier molecular flexibility index (Phi) is 6.70. The molecular formula is C27H37N5O3S. The first-order valence-corrected chi connectivity index (χ1v) is 14.6. The third-order valence-electron chi connectivity index (χ3n) is 8.19. The van der Waals surface area contributed by atoms with Crippen molar-refractivity contribution in [3.05, 3.63) is 42.1 Å². The minimum atomic E-state index is -4.16. The smallest absolute Gasteiger partial charge is 0.281 e. The van der Waals surface area contributed by atoms with Gasteiger partial charge in [0.05, 0.1) is 5.56 Å². The standard InChI is InChI=1S/C27H37N5O3S/c1-19-16-27(2,3)32(17-19)25-22(10-7-14-28-25)26(33)30-36(34,35)24-12-6-11-23(29-24)31-15-13-20-8-4-5-9-21(20)18-31/h6-7,10-12,14,19-21H,4-5,8-9,13,15-18H2,1-3H3,(H,30,33). The maximum atomic E-state index is 13.3. The predicted octanol–water partition coefficient (Wildman–Crippen LogP) is 4.24. The average Bonchev–Trinajstić information content (AvgIpc) is 3.15. The molecule has 1 saturated carbocycles. The highest BCUT2D eigenvalue weighted by Gasteiger charge is 2.39. The second-order valence-electron chi connectivity index (χ2n) is 11.4. The van der Waals surface area contributed by atoms with Gasteiger partial charge in [-0.1, -0.05) is 32.3 Å². The molecule has 36 heavy (non-hydrogen) atoms. The number of amides is 1. The molecule has 9 heteroatoms. The van der Waals surface area contributed by atoms with Crippen LogP contribution in [0.4, 0.5) is 11.6 Å². The number of carbonyl (C=O) groups is 1.